The van der Waals surface area contributed by atoms with Crippen molar-refractivity contribution in [2.75, 3.05) is 41.7 Å². The molecule has 0 radical (unpaired) electrons. The van der Waals surface area contributed by atoms with Gasteiger partial charge in [0, 0.05) is 13.0 Å². The Bertz CT molecular complexity index is 1200. The molecular formula is C28H34O10. The number of aliphatic hydroxyl groups excluding tert-OH is 3. The summed E-state index contributed by atoms with van der Waals surface area (Å²) in [7, 11) is 5.81. The predicted octanol–water partition coefficient (Wildman–Crippen LogP) is 3.06. The minimum atomic E-state index is -1.24. The summed E-state index contributed by atoms with van der Waals surface area (Å²) in [5, 5.41) is 50.8. The monoisotopic (exact) mass is 530 g/mol. The summed E-state index contributed by atoms with van der Waals surface area (Å²) in [6.07, 6.45) is -2.90. The zero-order valence-electron chi connectivity index (χ0n) is 21.7. The van der Waals surface area contributed by atoms with E-state index in [1.165, 1.54) is 52.7 Å². The number of rotatable bonds is 13. The van der Waals surface area contributed by atoms with E-state index in [9.17, 15) is 25.5 Å². The molecule has 3 aromatic rings. The van der Waals surface area contributed by atoms with Crippen molar-refractivity contribution >= 4 is 0 Å². The molecule has 10 heteroatoms. The van der Waals surface area contributed by atoms with Crippen molar-refractivity contribution in [3.8, 4) is 34.5 Å². The molecule has 0 saturated carbocycles. The first-order valence-electron chi connectivity index (χ1n) is 11.8. The summed E-state index contributed by atoms with van der Waals surface area (Å²) >= 11 is 0. The van der Waals surface area contributed by atoms with Gasteiger partial charge in [-0.1, -0.05) is 18.2 Å². The van der Waals surface area contributed by atoms with Gasteiger partial charge >= 0.3 is 0 Å². The van der Waals surface area contributed by atoms with Crippen LogP contribution in [0.5, 0.6) is 34.5 Å². The minimum Gasteiger partial charge on any atom is -0.504 e. The van der Waals surface area contributed by atoms with Gasteiger partial charge in [0.25, 0.3) is 0 Å². The van der Waals surface area contributed by atoms with Crippen LogP contribution < -0.4 is 18.9 Å². The Hall–Kier alpha value is -3.70. The second-order valence-electron chi connectivity index (χ2n) is 8.50. The highest BCUT2D eigenvalue weighted by Gasteiger charge is 2.28. The Balaban J connectivity index is 1.89. The van der Waals surface area contributed by atoms with Crippen LogP contribution in [0.2, 0.25) is 0 Å². The third-order valence-corrected chi connectivity index (χ3v) is 6.32. The summed E-state index contributed by atoms with van der Waals surface area (Å²) in [5.74, 6) is 0.438. The number of hydrogen-bond acceptors (Lipinski definition) is 10. The lowest BCUT2D eigenvalue weighted by molar-refractivity contribution is -0.000625. The number of methoxy groups -OCH3 is 4. The van der Waals surface area contributed by atoms with Crippen LogP contribution in [-0.2, 0) is 4.74 Å². The summed E-state index contributed by atoms with van der Waals surface area (Å²) in [6, 6.07) is 14.2. The Morgan fingerprint density at radius 2 is 1.16 bits per heavy atom. The third-order valence-electron chi connectivity index (χ3n) is 6.32. The topological polar surface area (TPSA) is 147 Å². The number of hydrogen-bond donors (Lipinski definition) is 5. The molecule has 0 fully saturated rings. The maximum Gasteiger partial charge on any atom is 0.161 e. The van der Waals surface area contributed by atoms with E-state index in [0.29, 0.717) is 22.4 Å². The van der Waals surface area contributed by atoms with Crippen LogP contribution in [0.3, 0.4) is 0 Å². The highest BCUT2D eigenvalue weighted by molar-refractivity contribution is 5.47. The highest BCUT2D eigenvalue weighted by atomic mass is 16.5. The fourth-order valence-electron chi connectivity index (χ4n) is 4.25. The van der Waals surface area contributed by atoms with Crippen LogP contribution in [0.1, 0.15) is 34.8 Å². The van der Waals surface area contributed by atoms with Crippen LogP contribution in [0.15, 0.2) is 54.6 Å². The average Bonchev–Trinajstić information content (AvgIpc) is 2.95. The van der Waals surface area contributed by atoms with E-state index in [-0.39, 0.29) is 35.4 Å². The molecule has 5 N–H and O–H groups in total. The van der Waals surface area contributed by atoms with Crippen LogP contribution in [0.25, 0.3) is 0 Å². The molecule has 0 saturated heterocycles. The molecule has 3 rings (SSSR count). The van der Waals surface area contributed by atoms with Gasteiger partial charge in [-0.2, -0.15) is 0 Å². The molecule has 0 aromatic heterocycles. The Morgan fingerprint density at radius 1 is 0.632 bits per heavy atom. The first-order chi connectivity index (χ1) is 18.3. The molecule has 0 aliphatic rings. The molecule has 0 unspecified atom stereocenters. The van der Waals surface area contributed by atoms with Crippen molar-refractivity contribution in [2.24, 2.45) is 0 Å². The second-order valence-corrected chi connectivity index (χ2v) is 8.50. The van der Waals surface area contributed by atoms with E-state index in [2.05, 4.69) is 0 Å². The predicted molar refractivity (Wildman–Crippen MR) is 138 cm³/mol. The number of aromatic hydroxyl groups is 2. The molecule has 0 aliphatic heterocycles. The highest BCUT2D eigenvalue weighted by Crippen LogP contribution is 2.40. The van der Waals surface area contributed by atoms with Gasteiger partial charge < -0.3 is 49.2 Å². The molecule has 0 amide bonds. The van der Waals surface area contributed by atoms with Gasteiger partial charge in [0.1, 0.15) is 6.10 Å². The maximum absolute atomic E-state index is 10.9. The van der Waals surface area contributed by atoms with Gasteiger partial charge in [0.15, 0.2) is 40.6 Å². The summed E-state index contributed by atoms with van der Waals surface area (Å²) in [4.78, 5) is 0. The van der Waals surface area contributed by atoms with Gasteiger partial charge in [0.05, 0.1) is 40.6 Å². The lowest BCUT2D eigenvalue weighted by Gasteiger charge is -2.27. The second kappa shape index (κ2) is 13.2. The van der Waals surface area contributed by atoms with Crippen molar-refractivity contribution < 1.29 is 49.2 Å². The minimum absolute atomic E-state index is 0.0172. The molecular weight excluding hydrogens is 496 g/mol. The zero-order chi connectivity index (χ0) is 27.8. The van der Waals surface area contributed by atoms with Gasteiger partial charge in [-0.3, -0.25) is 0 Å². The lowest BCUT2D eigenvalue weighted by Crippen LogP contribution is -2.29. The van der Waals surface area contributed by atoms with Gasteiger partial charge in [-0.25, -0.2) is 0 Å². The standard InChI is InChI=1S/C28H34O10/c1-34-23-11-16(5-8-20(23)31)19(14-29)28(37-4)18-7-10-22(25(13-18)36-3)38-26(15-30)27(33)17-6-9-21(32)24(12-17)35-2/h5-13,19,26-33H,14-15H2,1-4H3/t19-,26+,27-,28-/m1/s1. The molecule has 0 spiro atoms. The first-order valence-corrected chi connectivity index (χ1v) is 11.8. The molecule has 0 heterocycles. The maximum atomic E-state index is 10.9. The normalized spacial score (nSPS) is 14.3. The van der Waals surface area contributed by atoms with E-state index in [1.807, 2.05) is 0 Å². The van der Waals surface area contributed by atoms with Gasteiger partial charge in [-0.05, 0) is 53.1 Å². The van der Waals surface area contributed by atoms with E-state index < -0.39 is 30.8 Å². The number of phenolic OH excluding ortho intramolecular Hbond substituents is 2. The molecule has 3 aromatic carbocycles. The molecule has 10 nitrogen and oxygen atoms in total. The van der Waals surface area contributed by atoms with Crippen molar-refractivity contribution in [1.29, 1.82) is 0 Å². The largest absolute Gasteiger partial charge is 0.504 e. The van der Waals surface area contributed by atoms with Crippen molar-refractivity contribution in [2.45, 2.75) is 24.2 Å². The third kappa shape index (κ3) is 6.22. The Kier molecular flexibility index (Phi) is 10.0. The SMILES string of the molecule is COc1cc([C@@H](O)[C@H](CO)Oc2ccc([C@@H](OC)[C@H](CO)c3ccc(O)c(OC)c3)cc2OC)ccc1O. The van der Waals surface area contributed by atoms with Crippen LogP contribution in [0, 0.1) is 0 Å². The number of benzene rings is 3. The molecule has 0 bridgehead atoms. The Labute approximate surface area is 221 Å². The lowest BCUT2D eigenvalue weighted by atomic mass is 9.89. The first kappa shape index (κ1) is 28.9. The van der Waals surface area contributed by atoms with Crippen molar-refractivity contribution in [3.63, 3.8) is 0 Å². The van der Waals surface area contributed by atoms with E-state index in [0.717, 1.165) is 0 Å². The Morgan fingerprint density at radius 3 is 1.68 bits per heavy atom. The smallest absolute Gasteiger partial charge is 0.161 e. The van der Waals surface area contributed by atoms with E-state index in [1.54, 1.807) is 30.3 Å². The average molecular weight is 531 g/mol. The van der Waals surface area contributed by atoms with Crippen LogP contribution >= 0.6 is 0 Å². The molecule has 0 aliphatic carbocycles. The van der Waals surface area contributed by atoms with E-state index >= 15 is 0 Å². The quantitative estimate of drug-likeness (QED) is 0.223. The summed E-state index contributed by atoms with van der Waals surface area (Å²) in [5.41, 5.74) is 1.75. The number of phenols is 2. The molecule has 4 atom stereocenters. The van der Waals surface area contributed by atoms with Crippen molar-refractivity contribution in [1.82, 2.24) is 0 Å². The molecule has 206 valence electrons. The fourth-order valence-corrected chi connectivity index (χ4v) is 4.25. The van der Waals surface area contributed by atoms with Gasteiger partial charge in [0.2, 0.25) is 0 Å². The number of ether oxygens (including phenoxy) is 5. The fraction of sp³-hybridized carbons (Fsp3) is 0.357. The van der Waals surface area contributed by atoms with E-state index in [4.69, 9.17) is 23.7 Å². The van der Waals surface area contributed by atoms with Crippen molar-refractivity contribution in [3.05, 3.63) is 71.3 Å². The molecule has 38 heavy (non-hydrogen) atoms. The summed E-state index contributed by atoms with van der Waals surface area (Å²) < 4.78 is 27.5. The number of aliphatic hydroxyl groups is 3. The van der Waals surface area contributed by atoms with Gasteiger partial charge in [-0.15, -0.1) is 0 Å². The zero-order valence-corrected chi connectivity index (χ0v) is 21.7. The van der Waals surface area contributed by atoms with Crippen LogP contribution in [0.4, 0.5) is 0 Å². The summed E-state index contributed by atoms with van der Waals surface area (Å²) in [6.45, 7) is -0.757. The van der Waals surface area contributed by atoms with Crippen LogP contribution in [-0.4, -0.2) is 73.3 Å².